The molecule has 1 fully saturated rings. The molecule has 144 valence electrons. The number of β-lactam (4-membered cyclic amide) rings is 1. The zero-order valence-corrected chi connectivity index (χ0v) is 15.7. The molecule has 0 aromatic heterocycles. The summed E-state index contributed by atoms with van der Waals surface area (Å²) < 4.78 is 41.3. The Kier molecular flexibility index (Phi) is 4.93. The van der Waals surface area contributed by atoms with Crippen LogP contribution in [0, 0.1) is 6.92 Å². The molecule has 0 aliphatic carbocycles. The maximum absolute atomic E-state index is 12.2. The quantitative estimate of drug-likeness (QED) is 0.385. The second-order valence-corrected chi connectivity index (χ2v) is 9.10. The molecular formula is C16H16N2O7S2. The van der Waals surface area contributed by atoms with Gasteiger partial charge < -0.3 is 15.0 Å². The number of rotatable bonds is 5. The monoisotopic (exact) mass is 412 g/mol. The van der Waals surface area contributed by atoms with Crippen LogP contribution in [0.2, 0.25) is 0 Å². The van der Waals surface area contributed by atoms with Gasteiger partial charge in [0.25, 0.3) is 0 Å². The van der Waals surface area contributed by atoms with Crippen molar-refractivity contribution in [2.75, 3.05) is 5.75 Å². The van der Waals surface area contributed by atoms with Crippen molar-refractivity contribution in [1.29, 1.82) is 0 Å². The fourth-order valence-corrected chi connectivity index (χ4v) is 5.16. The molecule has 0 bridgehead atoms. The van der Waals surface area contributed by atoms with Crippen molar-refractivity contribution in [3.63, 3.8) is 0 Å². The molecule has 0 spiro atoms. The van der Waals surface area contributed by atoms with Crippen LogP contribution in [0.3, 0.4) is 0 Å². The van der Waals surface area contributed by atoms with Gasteiger partial charge in [0.15, 0.2) is 0 Å². The summed E-state index contributed by atoms with van der Waals surface area (Å²) in [7, 11) is -5.70. The number of amides is 1. The van der Waals surface area contributed by atoms with Gasteiger partial charge in [0.05, 0.1) is 16.6 Å². The molecule has 0 radical (unpaired) electrons. The summed E-state index contributed by atoms with van der Waals surface area (Å²) >= 11 is 0. The second kappa shape index (κ2) is 6.91. The molecule has 2 unspecified atom stereocenters. The minimum Gasteiger partial charge on any atom is -0.477 e. The fourth-order valence-electron chi connectivity index (χ4n) is 2.78. The van der Waals surface area contributed by atoms with Gasteiger partial charge in [-0.05, 0) is 30.7 Å². The second-order valence-electron chi connectivity index (χ2n) is 5.99. The number of carbonyl (C=O) groups is 2. The van der Waals surface area contributed by atoms with Gasteiger partial charge in [0, 0.05) is 0 Å². The number of carboxylic acids is 1. The van der Waals surface area contributed by atoms with E-state index in [4.69, 9.17) is 9.92 Å². The fraction of sp³-hybridized carbons (Fsp3) is 0.250. The number of carboxylic acid groups (broad SMARTS) is 1. The standard InChI is InChI=1S/C16H16N2O7S2/c1-9-2-4-11(5-3-9)27(23,24)25-7-6-10-8-26(22)15-12(17)14(19)18(15)13(10)16(20)21/h2-7,12,15H,8,17H2,1H3,(H,20,21)/b7-6+/t12?,15-,26?/m1/s1. The largest absolute Gasteiger partial charge is 0.477 e. The van der Waals surface area contributed by atoms with Crippen LogP contribution in [0.5, 0.6) is 0 Å². The molecule has 3 atom stereocenters. The summed E-state index contributed by atoms with van der Waals surface area (Å²) in [5.74, 6) is -2.24. The van der Waals surface area contributed by atoms with E-state index in [-0.39, 0.29) is 21.9 Å². The van der Waals surface area contributed by atoms with Crippen molar-refractivity contribution in [1.82, 2.24) is 4.90 Å². The Morgan fingerprint density at radius 1 is 1.37 bits per heavy atom. The van der Waals surface area contributed by atoms with Gasteiger partial charge in [-0.2, -0.15) is 8.42 Å². The van der Waals surface area contributed by atoms with Gasteiger partial charge in [0.2, 0.25) is 5.91 Å². The van der Waals surface area contributed by atoms with E-state index in [9.17, 15) is 27.3 Å². The van der Waals surface area contributed by atoms with Gasteiger partial charge in [-0.25, -0.2) is 4.79 Å². The van der Waals surface area contributed by atoms with Gasteiger partial charge in [-0.1, -0.05) is 17.7 Å². The molecular weight excluding hydrogens is 396 g/mol. The molecule has 1 aromatic rings. The highest BCUT2D eigenvalue weighted by Crippen LogP contribution is 2.34. The highest BCUT2D eigenvalue weighted by Gasteiger charge is 2.54. The molecule has 1 aromatic carbocycles. The van der Waals surface area contributed by atoms with Crippen LogP contribution in [-0.2, 0) is 34.7 Å². The first-order valence-corrected chi connectivity index (χ1v) is 10.5. The molecule has 0 saturated carbocycles. The highest BCUT2D eigenvalue weighted by molar-refractivity contribution is 7.87. The number of aliphatic carboxylic acids is 1. The minimum atomic E-state index is -4.09. The Labute approximate surface area is 157 Å². The number of allylic oxidation sites excluding steroid dienone is 1. The van der Waals surface area contributed by atoms with E-state index >= 15 is 0 Å². The summed E-state index contributed by atoms with van der Waals surface area (Å²) in [5, 5.41) is 8.51. The van der Waals surface area contributed by atoms with Gasteiger partial charge in [-0.15, -0.1) is 0 Å². The lowest BCUT2D eigenvalue weighted by molar-refractivity contribution is -0.148. The Morgan fingerprint density at radius 2 is 2.00 bits per heavy atom. The highest BCUT2D eigenvalue weighted by atomic mass is 32.2. The van der Waals surface area contributed by atoms with Crippen molar-refractivity contribution in [2.24, 2.45) is 5.73 Å². The van der Waals surface area contributed by atoms with Gasteiger partial charge in [-0.3, -0.25) is 13.9 Å². The van der Waals surface area contributed by atoms with Crippen molar-refractivity contribution in [3.8, 4) is 0 Å². The number of nitrogens with zero attached hydrogens (tertiary/aromatic N) is 1. The third kappa shape index (κ3) is 3.40. The van der Waals surface area contributed by atoms with Crippen LogP contribution in [0.25, 0.3) is 0 Å². The van der Waals surface area contributed by atoms with Crippen LogP contribution in [0.15, 0.2) is 52.8 Å². The minimum absolute atomic E-state index is 0.0106. The summed E-state index contributed by atoms with van der Waals surface area (Å²) in [5.41, 5.74) is 6.09. The molecule has 2 aliphatic heterocycles. The van der Waals surface area contributed by atoms with Gasteiger partial charge in [0.1, 0.15) is 28.3 Å². The molecule has 27 heavy (non-hydrogen) atoms. The Bertz CT molecular complexity index is 996. The number of aryl methyl sites for hydroxylation is 1. The SMILES string of the molecule is Cc1ccc(S(=O)(=O)O/C=C/C2=C(C(=O)O)N3C(=O)C(N)[C@H]3S(=O)C2)cc1. The first kappa shape index (κ1) is 19.3. The number of hydrogen-bond donors (Lipinski definition) is 2. The first-order valence-electron chi connectivity index (χ1n) is 7.72. The lowest BCUT2D eigenvalue weighted by Gasteiger charge is -2.47. The summed E-state index contributed by atoms with van der Waals surface area (Å²) in [6, 6.07) is 4.95. The third-order valence-corrected chi connectivity index (χ3v) is 7.01. The number of fused-ring (bicyclic) bond motifs is 1. The van der Waals surface area contributed by atoms with E-state index in [1.807, 2.05) is 0 Å². The van der Waals surface area contributed by atoms with E-state index in [0.717, 1.165) is 22.8 Å². The molecule has 1 amide bonds. The van der Waals surface area contributed by atoms with E-state index in [2.05, 4.69) is 0 Å². The van der Waals surface area contributed by atoms with E-state index in [0.29, 0.717) is 0 Å². The lowest BCUT2D eigenvalue weighted by atomic mass is 10.0. The summed E-state index contributed by atoms with van der Waals surface area (Å²) in [4.78, 5) is 24.2. The predicted octanol–water partition coefficient (Wildman–Crippen LogP) is -0.189. The van der Waals surface area contributed by atoms with Crippen LogP contribution >= 0.6 is 0 Å². The molecule has 3 N–H and O–H groups in total. The van der Waals surface area contributed by atoms with Crippen molar-refractivity contribution in [3.05, 3.63) is 53.4 Å². The maximum Gasteiger partial charge on any atom is 0.352 e. The number of nitrogens with two attached hydrogens (primary N) is 1. The summed E-state index contributed by atoms with van der Waals surface area (Å²) in [6.07, 6.45) is 1.88. The zero-order valence-electron chi connectivity index (χ0n) is 14.1. The number of benzene rings is 1. The van der Waals surface area contributed by atoms with Crippen LogP contribution in [0.4, 0.5) is 0 Å². The topological polar surface area (TPSA) is 144 Å². The average Bonchev–Trinajstić information content (AvgIpc) is 2.60. The van der Waals surface area contributed by atoms with E-state index in [1.54, 1.807) is 19.1 Å². The summed E-state index contributed by atoms with van der Waals surface area (Å²) in [6.45, 7) is 1.80. The molecule has 11 heteroatoms. The normalized spacial score (nSPS) is 25.3. The lowest BCUT2D eigenvalue weighted by Crippen LogP contribution is -2.71. The Hall–Kier alpha value is -2.50. The van der Waals surface area contributed by atoms with Crippen molar-refractivity contribution < 1.29 is 31.5 Å². The average molecular weight is 412 g/mol. The molecule has 2 heterocycles. The van der Waals surface area contributed by atoms with Crippen molar-refractivity contribution in [2.45, 2.75) is 23.2 Å². The maximum atomic E-state index is 12.2. The number of carbonyl (C=O) groups excluding carboxylic acids is 1. The van der Waals surface area contributed by atoms with Crippen molar-refractivity contribution >= 4 is 32.8 Å². The van der Waals surface area contributed by atoms with Crippen LogP contribution in [-0.4, -0.2) is 51.7 Å². The van der Waals surface area contributed by atoms with Gasteiger partial charge >= 0.3 is 16.1 Å². The predicted molar refractivity (Wildman–Crippen MR) is 94.9 cm³/mol. The first-order chi connectivity index (χ1) is 12.6. The third-order valence-electron chi connectivity index (χ3n) is 4.16. The Morgan fingerprint density at radius 3 is 2.59 bits per heavy atom. The van der Waals surface area contributed by atoms with E-state index in [1.165, 1.54) is 12.1 Å². The van der Waals surface area contributed by atoms with Crippen LogP contribution < -0.4 is 5.73 Å². The molecule has 1 saturated heterocycles. The Balaban J connectivity index is 1.86. The van der Waals surface area contributed by atoms with E-state index < -0.39 is 44.2 Å². The zero-order chi connectivity index (χ0) is 19.9. The number of hydrogen-bond acceptors (Lipinski definition) is 7. The molecule has 2 aliphatic rings. The molecule has 9 nitrogen and oxygen atoms in total. The smallest absolute Gasteiger partial charge is 0.352 e. The van der Waals surface area contributed by atoms with Crippen LogP contribution in [0.1, 0.15) is 5.56 Å². The molecule has 3 rings (SSSR count).